The van der Waals surface area contributed by atoms with Gasteiger partial charge in [-0.05, 0) is 81.7 Å². The summed E-state index contributed by atoms with van der Waals surface area (Å²) in [5.41, 5.74) is 4.74. The highest BCUT2D eigenvalue weighted by Gasteiger charge is 2.29. The minimum Gasteiger partial charge on any atom is -0.306 e. The zero-order chi connectivity index (χ0) is 37.3. The van der Waals surface area contributed by atoms with E-state index in [2.05, 4.69) is 201 Å². The van der Waals surface area contributed by atoms with E-state index in [4.69, 9.17) is 0 Å². The molecule has 0 spiro atoms. The summed E-state index contributed by atoms with van der Waals surface area (Å²) in [7, 11) is -1.97. The van der Waals surface area contributed by atoms with E-state index in [0.29, 0.717) is 0 Å². The largest absolute Gasteiger partial charge is 0.306 e. The SMILES string of the molecule is c1ccc(P(c2ccccc2)c2ccc3c(-n4ccnc4)cccc3c2-c2c(P(c3ccccc3)c3ccccc3)ccc3c(-n4ccnc4)cccc23)cc1. The lowest BCUT2D eigenvalue weighted by Gasteiger charge is -2.29. The molecule has 0 unspecified atom stereocenters. The molecule has 0 aliphatic rings. The summed E-state index contributed by atoms with van der Waals surface area (Å²) in [5.74, 6) is 0. The van der Waals surface area contributed by atoms with Gasteiger partial charge in [-0.3, -0.25) is 0 Å². The van der Waals surface area contributed by atoms with Crippen LogP contribution in [0.25, 0.3) is 44.0 Å². The summed E-state index contributed by atoms with van der Waals surface area (Å²) in [4.78, 5) is 8.90. The molecule has 2 aromatic heterocycles. The first-order valence-electron chi connectivity index (χ1n) is 18.7. The van der Waals surface area contributed by atoms with Crippen LogP contribution in [0.15, 0.2) is 219 Å². The summed E-state index contributed by atoms with van der Waals surface area (Å²) in [6.45, 7) is 0. The molecule has 266 valence electrons. The highest BCUT2D eigenvalue weighted by atomic mass is 31.1. The number of imidazole rings is 2. The Morgan fingerprint density at radius 1 is 0.321 bits per heavy atom. The second kappa shape index (κ2) is 15.0. The van der Waals surface area contributed by atoms with Crippen molar-refractivity contribution in [1.29, 1.82) is 0 Å². The van der Waals surface area contributed by atoms with Gasteiger partial charge in [0.2, 0.25) is 0 Å². The number of benzene rings is 8. The first-order valence-corrected chi connectivity index (χ1v) is 21.4. The van der Waals surface area contributed by atoms with Crippen LogP contribution < -0.4 is 31.8 Å². The molecule has 0 N–H and O–H groups in total. The van der Waals surface area contributed by atoms with E-state index in [-0.39, 0.29) is 0 Å². The molecule has 0 atom stereocenters. The molecule has 0 aliphatic heterocycles. The van der Waals surface area contributed by atoms with Crippen molar-refractivity contribution >= 4 is 69.2 Å². The Labute approximate surface area is 328 Å². The van der Waals surface area contributed by atoms with Gasteiger partial charge in [0.1, 0.15) is 0 Å². The summed E-state index contributed by atoms with van der Waals surface area (Å²) in [6, 6.07) is 67.3. The van der Waals surface area contributed by atoms with Gasteiger partial charge in [-0.15, -0.1) is 0 Å². The van der Waals surface area contributed by atoms with Crippen LogP contribution in [-0.4, -0.2) is 19.1 Å². The smallest absolute Gasteiger partial charge is 0.0991 e. The van der Waals surface area contributed by atoms with Crippen LogP contribution in [0.4, 0.5) is 0 Å². The molecular formula is C50H36N4P2. The van der Waals surface area contributed by atoms with E-state index in [1.807, 2.05) is 37.4 Å². The third kappa shape index (κ3) is 6.14. The van der Waals surface area contributed by atoms with Crippen LogP contribution in [-0.2, 0) is 0 Å². The Bertz CT molecular complexity index is 2620. The predicted octanol–water partition coefficient (Wildman–Crippen LogP) is 9.55. The first kappa shape index (κ1) is 34.1. The van der Waals surface area contributed by atoms with Crippen LogP contribution in [0.1, 0.15) is 0 Å². The van der Waals surface area contributed by atoms with Gasteiger partial charge in [0.25, 0.3) is 0 Å². The van der Waals surface area contributed by atoms with Crippen molar-refractivity contribution in [3.63, 3.8) is 0 Å². The molecule has 0 fully saturated rings. The number of rotatable bonds is 9. The molecule has 8 aromatic carbocycles. The normalized spacial score (nSPS) is 11.5. The third-order valence-electron chi connectivity index (χ3n) is 10.4. The van der Waals surface area contributed by atoms with Crippen molar-refractivity contribution < 1.29 is 0 Å². The molecule has 0 amide bonds. The van der Waals surface area contributed by atoms with E-state index in [9.17, 15) is 0 Å². The first-order chi connectivity index (χ1) is 27.8. The van der Waals surface area contributed by atoms with Crippen LogP contribution in [0.3, 0.4) is 0 Å². The second-order valence-electron chi connectivity index (χ2n) is 13.6. The Kier molecular flexibility index (Phi) is 9.13. The quantitative estimate of drug-likeness (QED) is 0.138. The molecule has 0 aliphatic carbocycles. The van der Waals surface area contributed by atoms with Crippen molar-refractivity contribution in [1.82, 2.24) is 19.1 Å². The van der Waals surface area contributed by atoms with Crippen LogP contribution >= 0.6 is 15.8 Å². The zero-order valence-electron chi connectivity index (χ0n) is 30.5. The predicted molar refractivity (Wildman–Crippen MR) is 239 cm³/mol. The molecule has 56 heavy (non-hydrogen) atoms. The zero-order valence-corrected chi connectivity index (χ0v) is 32.3. The van der Waals surface area contributed by atoms with Gasteiger partial charge >= 0.3 is 0 Å². The highest BCUT2D eigenvalue weighted by molar-refractivity contribution is 7.80. The van der Waals surface area contributed by atoms with Crippen molar-refractivity contribution in [2.75, 3.05) is 0 Å². The Hall–Kier alpha value is -6.44. The molecular weight excluding hydrogens is 719 g/mol. The maximum absolute atomic E-state index is 4.45. The van der Waals surface area contributed by atoms with E-state index in [1.54, 1.807) is 0 Å². The maximum atomic E-state index is 4.45. The number of nitrogens with zero attached hydrogens (tertiary/aromatic N) is 4. The van der Waals surface area contributed by atoms with Gasteiger partial charge in [0.05, 0.1) is 24.0 Å². The maximum Gasteiger partial charge on any atom is 0.0991 e. The lowest BCUT2D eigenvalue weighted by atomic mass is 9.92. The number of hydrogen-bond donors (Lipinski definition) is 0. The molecule has 6 heteroatoms. The molecule has 10 aromatic rings. The van der Waals surface area contributed by atoms with Gasteiger partial charge in [-0.1, -0.05) is 170 Å². The fraction of sp³-hybridized carbons (Fsp3) is 0. The molecule has 2 heterocycles. The molecule has 0 saturated heterocycles. The van der Waals surface area contributed by atoms with Gasteiger partial charge in [0, 0.05) is 35.6 Å². The summed E-state index contributed by atoms with van der Waals surface area (Å²) < 4.78 is 4.26. The van der Waals surface area contributed by atoms with Crippen LogP contribution in [0.2, 0.25) is 0 Å². The van der Waals surface area contributed by atoms with Gasteiger partial charge < -0.3 is 9.13 Å². The van der Waals surface area contributed by atoms with Crippen molar-refractivity contribution in [3.8, 4) is 22.5 Å². The number of aromatic nitrogens is 4. The minimum absolute atomic E-state index is 0.985. The van der Waals surface area contributed by atoms with E-state index >= 15 is 0 Å². The lowest BCUT2D eigenvalue weighted by molar-refractivity contribution is 1.07. The lowest BCUT2D eigenvalue weighted by Crippen LogP contribution is -2.26. The van der Waals surface area contributed by atoms with Gasteiger partial charge in [0.15, 0.2) is 0 Å². The average molecular weight is 755 g/mol. The van der Waals surface area contributed by atoms with Crippen LogP contribution in [0.5, 0.6) is 0 Å². The fourth-order valence-electron chi connectivity index (χ4n) is 7.97. The van der Waals surface area contributed by atoms with Crippen molar-refractivity contribution in [3.05, 3.63) is 219 Å². The molecule has 0 radical (unpaired) electrons. The Morgan fingerprint density at radius 3 is 1.00 bits per heavy atom. The molecule has 0 saturated carbocycles. The van der Waals surface area contributed by atoms with E-state index < -0.39 is 15.8 Å². The Morgan fingerprint density at radius 2 is 0.679 bits per heavy atom. The second-order valence-corrected chi connectivity index (χ2v) is 18.0. The highest BCUT2D eigenvalue weighted by Crippen LogP contribution is 2.46. The van der Waals surface area contributed by atoms with Crippen molar-refractivity contribution in [2.24, 2.45) is 0 Å². The van der Waals surface area contributed by atoms with E-state index in [1.165, 1.54) is 64.5 Å². The fourth-order valence-corrected chi connectivity index (χ4v) is 12.9. The van der Waals surface area contributed by atoms with Gasteiger partial charge in [-0.25, -0.2) is 9.97 Å². The van der Waals surface area contributed by atoms with Crippen molar-refractivity contribution in [2.45, 2.75) is 0 Å². The molecule has 4 nitrogen and oxygen atoms in total. The minimum atomic E-state index is -0.985. The summed E-state index contributed by atoms with van der Waals surface area (Å²) >= 11 is 0. The van der Waals surface area contributed by atoms with Gasteiger partial charge in [-0.2, -0.15) is 0 Å². The standard InChI is InChI=1S/C50H36N4P2/c1-5-15-37(16-6-1)55(38-17-7-2-8-18-38)47-29-27-41-43(23-13-25-45(41)53-33-31-51-35-53)49(47)50-44-24-14-26-46(54-34-32-52-36-54)42(44)28-30-48(50)56(39-19-9-3-10-20-39)40-21-11-4-12-22-40/h1-36H. The number of hydrogen-bond acceptors (Lipinski definition) is 2. The third-order valence-corrected chi connectivity index (χ3v) is 15.4. The average Bonchev–Trinajstić information content (AvgIpc) is 4.02. The number of fused-ring (bicyclic) bond motifs is 2. The monoisotopic (exact) mass is 754 g/mol. The van der Waals surface area contributed by atoms with E-state index in [0.717, 1.165) is 11.4 Å². The Balaban J connectivity index is 1.40. The summed E-state index contributed by atoms with van der Waals surface area (Å²) in [6.07, 6.45) is 11.6. The topological polar surface area (TPSA) is 35.6 Å². The molecule has 0 bridgehead atoms. The molecule has 10 rings (SSSR count). The van der Waals surface area contributed by atoms with Crippen LogP contribution in [0, 0.1) is 0 Å². The summed E-state index contributed by atoms with van der Waals surface area (Å²) in [5, 5.41) is 12.7.